The number of carboxylic acids is 1. The maximum absolute atomic E-state index is 11.4. The Kier molecular flexibility index (Phi) is 4.65. The van der Waals surface area contributed by atoms with E-state index in [0.29, 0.717) is 29.5 Å². The van der Waals surface area contributed by atoms with Gasteiger partial charge in [0.15, 0.2) is 0 Å². The van der Waals surface area contributed by atoms with Crippen LogP contribution in [0.25, 0.3) is 0 Å². The number of pyridine rings is 1. The summed E-state index contributed by atoms with van der Waals surface area (Å²) < 4.78 is 0. The van der Waals surface area contributed by atoms with Gasteiger partial charge in [0.25, 0.3) is 0 Å². The molecule has 1 aromatic carbocycles. The van der Waals surface area contributed by atoms with Gasteiger partial charge in [0.05, 0.1) is 28.5 Å². The van der Waals surface area contributed by atoms with Crippen LogP contribution >= 0.6 is 11.6 Å². The molecule has 2 aromatic rings. The number of halogens is 1. The third-order valence-electron chi connectivity index (χ3n) is 3.09. The summed E-state index contributed by atoms with van der Waals surface area (Å²) in [5.41, 5.74) is 7.41. The zero-order valence-corrected chi connectivity index (χ0v) is 12.3. The number of aromatic carboxylic acids is 1. The molecule has 0 unspecified atom stereocenters. The Balaban J connectivity index is 2.44. The standard InChI is InChI=1S/C15H16ClN3O2/c1-2-19(9-11-5-3-4-6-18-11)14-12(15(20)21)7-10(17)8-13(14)16/h3-8H,2,9,17H2,1H3,(H,20,21). The lowest BCUT2D eigenvalue weighted by molar-refractivity contribution is 0.0697. The largest absolute Gasteiger partial charge is 0.478 e. The van der Waals surface area contributed by atoms with Gasteiger partial charge in [0.1, 0.15) is 0 Å². The monoisotopic (exact) mass is 305 g/mol. The number of carboxylic acid groups (broad SMARTS) is 1. The van der Waals surface area contributed by atoms with Gasteiger partial charge in [-0.05, 0) is 31.2 Å². The van der Waals surface area contributed by atoms with Crippen LogP contribution in [0.5, 0.6) is 0 Å². The van der Waals surface area contributed by atoms with E-state index in [1.54, 1.807) is 12.3 Å². The predicted octanol–water partition coefficient (Wildman–Crippen LogP) is 3.04. The second-order valence-corrected chi connectivity index (χ2v) is 4.95. The van der Waals surface area contributed by atoms with E-state index in [1.165, 1.54) is 6.07 Å². The van der Waals surface area contributed by atoms with E-state index in [-0.39, 0.29) is 5.56 Å². The van der Waals surface area contributed by atoms with Gasteiger partial charge in [0, 0.05) is 18.4 Å². The summed E-state index contributed by atoms with van der Waals surface area (Å²) in [7, 11) is 0. The fourth-order valence-corrected chi connectivity index (χ4v) is 2.49. The molecule has 110 valence electrons. The van der Waals surface area contributed by atoms with Crippen molar-refractivity contribution in [1.82, 2.24) is 4.98 Å². The molecule has 0 aliphatic rings. The lowest BCUT2D eigenvalue weighted by atomic mass is 10.1. The first-order valence-corrected chi connectivity index (χ1v) is 6.88. The number of nitrogens with zero attached hydrogens (tertiary/aromatic N) is 2. The second-order valence-electron chi connectivity index (χ2n) is 4.54. The van der Waals surface area contributed by atoms with Crippen molar-refractivity contribution in [3.05, 3.63) is 52.8 Å². The molecule has 3 N–H and O–H groups in total. The highest BCUT2D eigenvalue weighted by Crippen LogP contribution is 2.33. The molecule has 0 spiro atoms. The molecule has 0 amide bonds. The number of nitrogen functional groups attached to an aromatic ring is 1. The molecular formula is C15H16ClN3O2. The number of aromatic nitrogens is 1. The Morgan fingerprint density at radius 2 is 2.19 bits per heavy atom. The van der Waals surface area contributed by atoms with Crippen LogP contribution in [0.2, 0.25) is 5.02 Å². The Morgan fingerprint density at radius 1 is 1.43 bits per heavy atom. The maximum Gasteiger partial charge on any atom is 0.337 e. The van der Waals surface area contributed by atoms with Gasteiger partial charge >= 0.3 is 5.97 Å². The van der Waals surface area contributed by atoms with Crippen LogP contribution in [-0.2, 0) is 6.54 Å². The van der Waals surface area contributed by atoms with Crippen molar-refractivity contribution in [2.45, 2.75) is 13.5 Å². The van der Waals surface area contributed by atoms with Crippen LogP contribution in [-0.4, -0.2) is 22.6 Å². The third kappa shape index (κ3) is 3.44. The van der Waals surface area contributed by atoms with Gasteiger partial charge in [-0.2, -0.15) is 0 Å². The molecule has 0 aliphatic heterocycles. The zero-order chi connectivity index (χ0) is 15.4. The first-order chi connectivity index (χ1) is 10.0. The molecular weight excluding hydrogens is 290 g/mol. The summed E-state index contributed by atoms with van der Waals surface area (Å²) in [5, 5.41) is 9.69. The molecule has 6 heteroatoms. The van der Waals surface area contributed by atoms with Crippen molar-refractivity contribution in [1.29, 1.82) is 0 Å². The van der Waals surface area contributed by atoms with Crippen molar-refractivity contribution in [3.63, 3.8) is 0 Å². The molecule has 0 saturated heterocycles. The fraction of sp³-hybridized carbons (Fsp3) is 0.200. The Morgan fingerprint density at radius 3 is 2.76 bits per heavy atom. The number of benzene rings is 1. The molecule has 1 heterocycles. The Labute approximate surface area is 128 Å². The molecule has 0 radical (unpaired) electrons. The smallest absolute Gasteiger partial charge is 0.337 e. The van der Waals surface area contributed by atoms with E-state index in [2.05, 4.69) is 4.98 Å². The number of rotatable bonds is 5. The highest BCUT2D eigenvalue weighted by atomic mass is 35.5. The molecule has 21 heavy (non-hydrogen) atoms. The lowest BCUT2D eigenvalue weighted by Gasteiger charge is -2.25. The van der Waals surface area contributed by atoms with Crippen molar-refractivity contribution in [3.8, 4) is 0 Å². The van der Waals surface area contributed by atoms with Crippen molar-refractivity contribution in [2.75, 3.05) is 17.2 Å². The fourth-order valence-electron chi connectivity index (χ4n) is 2.14. The first-order valence-electron chi connectivity index (χ1n) is 6.50. The second kappa shape index (κ2) is 6.45. The Bertz CT molecular complexity index is 647. The number of carbonyl (C=O) groups is 1. The minimum atomic E-state index is -1.06. The quantitative estimate of drug-likeness (QED) is 0.830. The summed E-state index contributed by atoms with van der Waals surface area (Å²) in [6.45, 7) is 3.00. The molecule has 5 nitrogen and oxygen atoms in total. The van der Waals surface area contributed by atoms with E-state index in [1.807, 2.05) is 30.0 Å². The van der Waals surface area contributed by atoms with Gasteiger partial charge in [-0.1, -0.05) is 17.7 Å². The third-order valence-corrected chi connectivity index (χ3v) is 3.38. The topological polar surface area (TPSA) is 79.5 Å². The number of nitrogens with two attached hydrogens (primary N) is 1. The summed E-state index contributed by atoms with van der Waals surface area (Å²) in [6.07, 6.45) is 1.70. The van der Waals surface area contributed by atoms with Crippen molar-refractivity contribution >= 4 is 28.9 Å². The zero-order valence-electron chi connectivity index (χ0n) is 11.6. The van der Waals surface area contributed by atoms with E-state index < -0.39 is 5.97 Å². The summed E-state index contributed by atoms with van der Waals surface area (Å²) in [6, 6.07) is 8.58. The average Bonchev–Trinajstić information content (AvgIpc) is 2.45. The highest BCUT2D eigenvalue weighted by Gasteiger charge is 2.20. The van der Waals surface area contributed by atoms with Gasteiger partial charge in [-0.15, -0.1) is 0 Å². The Hall–Kier alpha value is -2.27. The van der Waals surface area contributed by atoms with E-state index in [0.717, 1.165) is 5.69 Å². The molecule has 0 atom stereocenters. The molecule has 2 rings (SSSR count). The summed E-state index contributed by atoms with van der Waals surface area (Å²) in [5.74, 6) is -1.06. The van der Waals surface area contributed by atoms with Crippen LogP contribution < -0.4 is 10.6 Å². The van der Waals surface area contributed by atoms with Crippen LogP contribution in [0, 0.1) is 0 Å². The molecule has 0 fully saturated rings. The maximum atomic E-state index is 11.4. The number of hydrogen-bond donors (Lipinski definition) is 2. The summed E-state index contributed by atoms with van der Waals surface area (Å²) in [4.78, 5) is 17.6. The molecule has 0 aliphatic carbocycles. The van der Waals surface area contributed by atoms with Gasteiger partial charge in [0.2, 0.25) is 0 Å². The minimum absolute atomic E-state index is 0.0952. The SMILES string of the molecule is CCN(Cc1ccccn1)c1c(Cl)cc(N)cc1C(=O)O. The van der Waals surface area contributed by atoms with Crippen LogP contribution in [0.3, 0.4) is 0 Å². The number of anilines is 2. The van der Waals surface area contributed by atoms with E-state index in [4.69, 9.17) is 17.3 Å². The molecule has 0 saturated carbocycles. The van der Waals surface area contributed by atoms with Crippen molar-refractivity contribution < 1.29 is 9.90 Å². The van der Waals surface area contributed by atoms with Crippen LogP contribution in [0.15, 0.2) is 36.5 Å². The van der Waals surface area contributed by atoms with E-state index >= 15 is 0 Å². The molecule has 0 bridgehead atoms. The van der Waals surface area contributed by atoms with Gasteiger partial charge in [-0.25, -0.2) is 4.79 Å². The normalized spacial score (nSPS) is 10.4. The summed E-state index contributed by atoms with van der Waals surface area (Å²) >= 11 is 6.21. The van der Waals surface area contributed by atoms with Crippen LogP contribution in [0.1, 0.15) is 23.0 Å². The van der Waals surface area contributed by atoms with Crippen LogP contribution in [0.4, 0.5) is 11.4 Å². The number of hydrogen-bond acceptors (Lipinski definition) is 4. The first kappa shape index (κ1) is 15.1. The predicted molar refractivity (Wildman–Crippen MR) is 83.8 cm³/mol. The van der Waals surface area contributed by atoms with E-state index in [9.17, 15) is 9.90 Å². The van der Waals surface area contributed by atoms with Gasteiger partial charge < -0.3 is 15.7 Å². The average molecular weight is 306 g/mol. The van der Waals surface area contributed by atoms with Gasteiger partial charge in [-0.3, -0.25) is 4.98 Å². The minimum Gasteiger partial charge on any atom is -0.478 e. The lowest BCUT2D eigenvalue weighted by Crippen LogP contribution is -2.25. The highest BCUT2D eigenvalue weighted by molar-refractivity contribution is 6.34. The molecule has 1 aromatic heterocycles. The van der Waals surface area contributed by atoms with Crippen molar-refractivity contribution in [2.24, 2.45) is 0 Å².